The summed E-state index contributed by atoms with van der Waals surface area (Å²) in [6.45, 7) is 7.13. The largest absolute Gasteiger partial charge is 0.493 e. The first-order valence-electron chi connectivity index (χ1n) is 13.4. The van der Waals surface area contributed by atoms with Crippen LogP contribution in [0.3, 0.4) is 0 Å². The van der Waals surface area contributed by atoms with Gasteiger partial charge < -0.3 is 19.2 Å². The normalized spacial score (nSPS) is 15.4. The number of ether oxygens (including phenoxy) is 3. The highest BCUT2D eigenvalue weighted by Crippen LogP contribution is 2.28. The molecule has 4 aromatic rings. The maximum absolute atomic E-state index is 13.2. The first-order chi connectivity index (χ1) is 18.9. The van der Waals surface area contributed by atoms with Gasteiger partial charge in [0.1, 0.15) is 0 Å². The second kappa shape index (κ2) is 12.0. The first kappa shape index (κ1) is 26.8. The second-order valence-electron chi connectivity index (χ2n) is 10.2. The number of pyridine rings is 1. The molecule has 1 fully saturated rings. The fraction of sp³-hybridized carbons (Fsp3) is 0.448. The van der Waals surface area contributed by atoms with Gasteiger partial charge in [-0.15, -0.1) is 5.10 Å². The van der Waals surface area contributed by atoms with Crippen LogP contribution in [0.2, 0.25) is 0 Å². The predicted octanol–water partition coefficient (Wildman–Crippen LogP) is 3.57. The van der Waals surface area contributed by atoms with Crippen molar-refractivity contribution in [3.8, 4) is 11.5 Å². The fourth-order valence-corrected chi connectivity index (χ4v) is 5.17. The number of hydrogen-bond acceptors (Lipinski definition) is 8. The van der Waals surface area contributed by atoms with E-state index in [4.69, 9.17) is 14.2 Å². The number of tetrazole rings is 1. The Morgan fingerprint density at radius 3 is 2.67 bits per heavy atom. The zero-order valence-corrected chi connectivity index (χ0v) is 23.1. The Morgan fingerprint density at radius 1 is 1.08 bits per heavy atom. The molecule has 1 N–H and O–H groups in total. The van der Waals surface area contributed by atoms with Gasteiger partial charge in [-0.3, -0.25) is 9.69 Å². The van der Waals surface area contributed by atoms with Crippen LogP contribution in [-0.4, -0.2) is 63.6 Å². The Hall–Kier alpha value is -3.76. The molecule has 0 bridgehead atoms. The van der Waals surface area contributed by atoms with Gasteiger partial charge in [-0.25, -0.2) is 4.68 Å². The highest BCUT2D eigenvalue weighted by molar-refractivity contribution is 5.85. The van der Waals surface area contributed by atoms with Crippen LogP contribution in [0.4, 0.5) is 0 Å². The monoisotopic (exact) mass is 532 g/mol. The lowest BCUT2D eigenvalue weighted by atomic mass is 10.0. The van der Waals surface area contributed by atoms with Gasteiger partial charge in [0.2, 0.25) is 0 Å². The Bertz CT molecular complexity index is 1490. The van der Waals surface area contributed by atoms with Gasteiger partial charge in [-0.2, -0.15) is 0 Å². The van der Waals surface area contributed by atoms with E-state index in [1.54, 1.807) is 14.2 Å². The first-order valence-corrected chi connectivity index (χ1v) is 13.4. The molecule has 2 aromatic carbocycles. The Labute approximate surface area is 227 Å². The predicted molar refractivity (Wildman–Crippen MR) is 148 cm³/mol. The molecule has 39 heavy (non-hydrogen) atoms. The van der Waals surface area contributed by atoms with Crippen LogP contribution in [0.1, 0.15) is 40.9 Å². The summed E-state index contributed by atoms with van der Waals surface area (Å²) < 4.78 is 18.5. The van der Waals surface area contributed by atoms with E-state index in [2.05, 4.69) is 38.4 Å². The highest BCUT2D eigenvalue weighted by Gasteiger charge is 2.21. The second-order valence-corrected chi connectivity index (χ2v) is 10.2. The summed E-state index contributed by atoms with van der Waals surface area (Å²) in [6, 6.07) is 12.1. The molecule has 0 spiro atoms. The molecule has 1 saturated heterocycles. The minimum Gasteiger partial charge on any atom is -0.493 e. The van der Waals surface area contributed by atoms with E-state index in [1.807, 2.05) is 41.9 Å². The number of methoxy groups -OCH3 is 2. The lowest BCUT2D eigenvalue weighted by Crippen LogP contribution is -2.30. The van der Waals surface area contributed by atoms with E-state index in [-0.39, 0.29) is 11.7 Å². The number of fused-ring (bicyclic) bond motifs is 1. The average molecular weight is 533 g/mol. The number of nitrogens with zero attached hydrogens (tertiary/aromatic N) is 5. The third kappa shape index (κ3) is 6.12. The summed E-state index contributed by atoms with van der Waals surface area (Å²) in [5, 5.41) is 13.6. The Kier molecular flexibility index (Phi) is 8.23. The van der Waals surface area contributed by atoms with Crippen LogP contribution in [0.5, 0.6) is 11.5 Å². The summed E-state index contributed by atoms with van der Waals surface area (Å²) in [6.07, 6.45) is 2.94. The van der Waals surface area contributed by atoms with Crippen molar-refractivity contribution in [1.82, 2.24) is 30.1 Å². The quantitative estimate of drug-likeness (QED) is 0.312. The van der Waals surface area contributed by atoms with Crippen molar-refractivity contribution in [1.29, 1.82) is 0 Å². The molecule has 206 valence electrons. The van der Waals surface area contributed by atoms with Gasteiger partial charge in [-0.05, 0) is 78.4 Å². The number of benzene rings is 2. The molecule has 2 aromatic heterocycles. The molecule has 0 amide bonds. The van der Waals surface area contributed by atoms with Gasteiger partial charge in [0.15, 0.2) is 17.3 Å². The van der Waals surface area contributed by atoms with Crippen molar-refractivity contribution in [2.75, 3.05) is 27.4 Å². The summed E-state index contributed by atoms with van der Waals surface area (Å²) in [4.78, 5) is 18.5. The molecule has 1 atom stereocenters. The zero-order valence-electron chi connectivity index (χ0n) is 23.1. The van der Waals surface area contributed by atoms with Crippen LogP contribution in [0, 0.1) is 13.8 Å². The Morgan fingerprint density at radius 2 is 1.90 bits per heavy atom. The van der Waals surface area contributed by atoms with Crippen LogP contribution < -0.4 is 15.0 Å². The van der Waals surface area contributed by atoms with E-state index in [9.17, 15) is 4.79 Å². The van der Waals surface area contributed by atoms with E-state index in [1.165, 1.54) is 0 Å². The molecule has 10 heteroatoms. The number of aromatic nitrogens is 5. The number of aromatic amines is 1. The minimum atomic E-state index is -0.0775. The van der Waals surface area contributed by atoms with Gasteiger partial charge in [-0.1, -0.05) is 18.2 Å². The van der Waals surface area contributed by atoms with Crippen molar-refractivity contribution in [2.45, 2.75) is 58.8 Å². The molecule has 0 saturated carbocycles. The minimum absolute atomic E-state index is 0.0775. The lowest BCUT2D eigenvalue weighted by Gasteiger charge is -2.22. The zero-order chi connectivity index (χ0) is 27.4. The van der Waals surface area contributed by atoms with Crippen LogP contribution >= 0.6 is 0 Å². The van der Waals surface area contributed by atoms with Crippen molar-refractivity contribution in [3.05, 3.63) is 74.8 Å². The van der Waals surface area contributed by atoms with E-state index in [0.29, 0.717) is 43.2 Å². The van der Waals surface area contributed by atoms with Crippen molar-refractivity contribution < 1.29 is 14.2 Å². The lowest BCUT2D eigenvalue weighted by molar-refractivity contribution is 0.0916. The molecule has 10 nitrogen and oxygen atoms in total. The summed E-state index contributed by atoms with van der Waals surface area (Å²) in [7, 11) is 3.27. The maximum atomic E-state index is 13.2. The van der Waals surface area contributed by atoms with Gasteiger partial charge in [0.05, 0.1) is 38.9 Å². The fourth-order valence-electron chi connectivity index (χ4n) is 5.17. The van der Waals surface area contributed by atoms with Crippen LogP contribution in [0.15, 0.2) is 41.2 Å². The van der Waals surface area contributed by atoms with Crippen LogP contribution in [0.25, 0.3) is 10.9 Å². The molecule has 1 aliphatic rings. The number of H-pyrrole nitrogens is 1. The molecule has 0 aliphatic carbocycles. The maximum Gasteiger partial charge on any atom is 0.252 e. The molecule has 1 aliphatic heterocycles. The van der Waals surface area contributed by atoms with Crippen LogP contribution in [-0.2, 0) is 30.8 Å². The third-order valence-corrected chi connectivity index (χ3v) is 7.45. The van der Waals surface area contributed by atoms with E-state index >= 15 is 0 Å². The molecule has 0 radical (unpaired) electrons. The number of aryl methyl sites for hydroxylation is 2. The standard InChI is InChI=1S/C29H36N6O4/c1-19-7-8-20(2)28-24(19)15-22(29(36)30-28)16-34(12-11-21-9-10-25(37-3)26(14-21)38-4)18-27-31-32-33-35(27)17-23-6-5-13-39-23/h7-10,14-15,23H,5-6,11-13,16-18H2,1-4H3,(H,30,36)/t23-/m1/s1. The Balaban J connectivity index is 1.42. The molecular weight excluding hydrogens is 496 g/mol. The highest BCUT2D eigenvalue weighted by atomic mass is 16.5. The summed E-state index contributed by atoms with van der Waals surface area (Å²) in [5.74, 6) is 2.14. The molecular formula is C29H36N6O4. The summed E-state index contributed by atoms with van der Waals surface area (Å²) >= 11 is 0. The topological polar surface area (TPSA) is 107 Å². The SMILES string of the molecule is COc1ccc(CCN(Cc2cc3c(C)ccc(C)c3[nH]c2=O)Cc2nnnn2C[C@H]2CCCO2)cc1OC. The molecule has 3 heterocycles. The smallest absolute Gasteiger partial charge is 0.252 e. The van der Waals surface area contributed by atoms with Crippen molar-refractivity contribution in [2.24, 2.45) is 0 Å². The number of nitrogens with one attached hydrogen (secondary N) is 1. The summed E-state index contributed by atoms with van der Waals surface area (Å²) in [5.41, 5.74) is 4.81. The van der Waals surface area contributed by atoms with E-state index in [0.717, 1.165) is 59.3 Å². The molecule has 5 rings (SSSR count). The number of hydrogen-bond donors (Lipinski definition) is 1. The molecule has 0 unspecified atom stereocenters. The van der Waals surface area contributed by atoms with Gasteiger partial charge in [0, 0.05) is 30.6 Å². The van der Waals surface area contributed by atoms with Crippen molar-refractivity contribution in [3.63, 3.8) is 0 Å². The van der Waals surface area contributed by atoms with Gasteiger partial charge in [0.25, 0.3) is 5.56 Å². The third-order valence-electron chi connectivity index (χ3n) is 7.45. The average Bonchev–Trinajstić information content (AvgIpc) is 3.62. The van der Waals surface area contributed by atoms with Gasteiger partial charge >= 0.3 is 0 Å². The van der Waals surface area contributed by atoms with E-state index < -0.39 is 0 Å². The number of rotatable bonds is 11. The van der Waals surface area contributed by atoms with Crippen molar-refractivity contribution >= 4 is 10.9 Å².